The molecule has 0 aliphatic rings. The summed E-state index contributed by atoms with van der Waals surface area (Å²) in [5, 5.41) is 0.841. The van der Waals surface area contributed by atoms with E-state index in [1.807, 2.05) is 13.8 Å². The molecule has 1 aromatic heterocycles. The molecule has 0 aliphatic carbocycles. The molecule has 0 aromatic carbocycles. The maximum atomic E-state index is 11.0. The molecule has 4 heteroatoms. The van der Waals surface area contributed by atoms with Gasteiger partial charge in [0.05, 0.1) is 12.3 Å². The van der Waals surface area contributed by atoms with E-state index in [4.69, 9.17) is 4.74 Å². The van der Waals surface area contributed by atoms with Crippen LogP contribution in [-0.2, 0) is 9.53 Å². The smallest absolute Gasteiger partial charge is 0.330 e. The molecule has 0 saturated carbocycles. The molecular formula is C10H13NO2S. The normalized spacial score (nSPS) is 10.8. The Morgan fingerprint density at radius 1 is 1.57 bits per heavy atom. The third-order valence-corrected chi connectivity index (χ3v) is 2.73. The average Bonchev–Trinajstić information content (AvgIpc) is 2.44. The number of esters is 1. The minimum absolute atomic E-state index is 0.321. The zero-order valence-corrected chi connectivity index (χ0v) is 9.35. The molecule has 0 amide bonds. The monoisotopic (exact) mass is 211 g/mol. The van der Waals surface area contributed by atoms with Gasteiger partial charge in [0.15, 0.2) is 0 Å². The summed E-state index contributed by atoms with van der Waals surface area (Å²) in [5.74, 6) is -0.321. The molecule has 1 aromatic rings. The van der Waals surface area contributed by atoms with Crippen molar-refractivity contribution in [3.8, 4) is 0 Å². The van der Waals surface area contributed by atoms with Crippen molar-refractivity contribution in [1.82, 2.24) is 4.98 Å². The molecule has 3 nitrogen and oxygen atoms in total. The summed E-state index contributed by atoms with van der Waals surface area (Å²) in [6.45, 7) is 6.14. The van der Waals surface area contributed by atoms with Gasteiger partial charge in [0.2, 0.25) is 0 Å². The number of hydrogen-bond donors (Lipinski definition) is 0. The van der Waals surface area contributed by atoms with E-state index in [0.29, 0.717) is 6.61 Å². The number of nitrogens with zero attached hydrogens (tertiary/aromatic N) is 1. The fourth-order valence-electron chi connectivity index (χ4n) is 0.899. The lowest BCUT2D eigenvalue weighted by Gasteiger charge is -1.92. The summed E-state index contributed by atoms with van der Waals surface area (Å²) < 4.78 is 4.75. The van der Waals surface area contributed by atoms with E-state index >= 15 is 0 Å². The van der Waals surface area contributed by atoms with Crippen LogP contribution in [0.2, 0.25) is 0 Å². The maximum Gasteiger partial charge on any atom is 0.330 e. The quantitative estimate of drug-likeness (QED) is 0.569. The van der Waals surface area contributed by atoms with Crippen molar-refractivity contribution in [2.24, 2.45) is 0 Å². The van der Waals surface area contributed by atoms with Gasteiger partial charge in [-0.15, -0.1) is 11.3 Å². The van der Waals surface area contributed by atoms with Gasteiger partial charge in [-0.1, -0.05) is 0 Å². The Bertz CT molecular complexity index is 336. The highest BCUT2D eigenvalue weighted by Crippen LogP contribution is 2.17. The van der Waals surface area contributed by atoms with Crippen LogP contribution in [0.4, 0.5) is 0 Å². The van der Waals surface area contributed by atoms with Gasteiger partial charge in [-0.3, -0.25) is 0 Å². The first-order chi connectivity index (χ1) is 6.63. The van der Waals surface area contributed by atoms with Crippen LogP contribution in [0.5, 0.6) is 0 Å². The first-order valence-corrected chi connectivity index (χ1v) is 5.24. The van der Waals surface area contributed by atoms with Gasteiger partial charge in [0.1, 0.15) is 5.01 Å². The van der Waals surface area contributed by atoms with E-state index in [0.717, 1.165) is 10.7 Å². The SMILES string of the molecule is CCOC(=O)C=Cc1nc(C)c(C)s1. The fraction of sp³-hybridized carbons (Fsp3) is 0.400. The molecule has 1 heterocycles. The van der Waals surface area contributed by atoms with E-state index in [2.05, 4.69) is 4.98 Å². The van der Waals surface area contributed by atoms with Gasteiger partial charge in [-0.25, -0.2) is 9.78 Å². The summed E-state index contributed by atoms with van der Waals surface area (Å²) in [4.78, 5) is 16.4. The third-order valence-electron chi connectivity index (χ3n) is 1.69. The van der Waals surface area contributed by atoms with Crippen molar-refractivity contribution in [2.45, 2.75) is 20.8 Å². The largest absolute Gasteiger partial charge is 0.463 e. The average molecular weight is 211 g/mol. The summed E-state index contributed by atoms with van der Waals surface area (Å²) in [6.07, 6.45) is 3.09. The van der Waals surface area contributed by atoms with Crippen LogP contribution in [0.1, 0.15) is 22.5 Å². The number of aryl methyl sites for hydroxylation is 2. The molecule has 0 N–H and O–H groups in total. The van der Waals surface area contributed by atoms with E-state index in [-0.39, 0.29) is 5.97 Å². The van der Waals surface area contributed by atoms with E-state index in [1.165, 1.54) is 11.0 Å². The third kappa shape index (κ3) is 2.96. The molecule has 0 unspecified atom stereocenters. The number of aromatic nitrogens is 1. The number of rotatable bonds is 3. The molecule has 76 valence electrons. The van der Waals surface area contributed by atoms with Crippen LogP contribution in [0.3, 0.4) is 0 Å². The predicted molar refractivity (Wildman–Crippen MR) is 57.3 cm³/mol. The molecular weight excluding hydrogens is 198 g/mol. The van der Waals surface area contributed by atoms with Crippen LogP contribution in [0, 0.1) is 13.8 Å². The first-order valence-electron chi connectivity index (χ1n) is 4.42. The van der Waals surface area contributed by atoms with Gasteiger partial charge in [0, 0.05) is 11.0 Å². The van der Waals surface area contributed by atoms with Crippen LogP contribution >= 0.6 is 11.3 Å². The molecule has 14 heavy (non-hydrogen) atoms. The zero-order valence-electron chi connectivity index (χ0n) is 8.53. The molecule has 0 radical (unpaired) electrons. The first kappa shape index (κ1) is 10.9. The second-order valence-corrected chi connectivity index (χ2v) is 4.01. The van der Waals surface area contributed by atoms with Gasteiger partial charge >= 0.3 is 5.97 Å². The van der Waals surface area contributed by atoms with Crippen molar-refractivity contribution >= 4 is 23.4 Å². The van der Waals surface area contributed by atoms with Crippen molar-refractivity contribution in [1.29, 1.82) is 0 Å². The van der Waals surface area contributed by atoms with E-state index < -0.39 is 0 Å². The molecule has 0 atom stereocenters. The lowest BCUT2D eigenvalue weighted by atomic mass is 10.4. The van der Waals surface area contributed by atoms with Crippen LogP contribution in [0.25, 0.3) is 6.08 Å². The van der Waals surface area contributed by atoms with Crippen LogP contribution in [-0.4, -0.2) is 17.6 Å². The Kier molecular flexibility index (Phi) is 3.83. The predicted octanol–water partition coefficient (Wildman–Crippen LogP) is 2.34. The minimum atomic E-state index is -0.321. The minimum Gasteiger partial charge on any atom is -0.463 e. The molecule has 0 bridgehead atoms. The summed E-state index contributed by atoms with van der Waals surface area (Å²) in [5.41, 5.74) is 1.01. The molecule has 0 aliphatic heterocycles. The lowest BCUT2D eigenvalue weighted by molar-refractivity contribution is -0.137. The highest BCUT2D eigenvalue weighted by molar-refractivity contribution is 7.12. The molecule has 0 saturated heterocycles. The Labute approximate surface area is 87.4 Å². The fourth-order valence-corrected chi connectivity index (χ4v) is 1.72. The summed E-state index contributed by atoms with van der Waals surface area (Å²) in [6, 6.07) is 0. The number of thiazole rings is 1. The van der Waals surface area contributed by atoms with Crippen LogP contribution in [0.15, 0.2) is 6.08 Å². The Hall–Kier alpha value is -1.16. The van der Waals surface area contributed by atoms with Gasteiger partial charge in [-0.2, -0.15) is 0 Å². The summed E-state index contributed by atoms with van der Waals surface area (Å²) >= 11 is 1.57. The second kappa shape index (κ2) is 4.91. The van der Waals surface area contributed by atoms with E-state index in [1.54, 1.807) is 24.3 Å². The zero-order chi connectivity index (χ0) is 10.6. The van der Waals surface area contributed by atoms with Crippen molar-refractivity contribution in [3.63, 3.8) is 0 Å². The molecule has 0 fully saturated rings. The number of carbonyl (C=O) groups is 1. The second-order valence-electron chi connectivity index (χ2n) is 2.78. The highest BCUT2D eigenvalue weighted by Gasteiger charge is 2.00. The van der Waals surface area contributed by atoms with Crippen molar-refractivity contribution in [3.05, 3.63) is 21.7 Å². The summed E-state index contributed by atoms with van der Waals surface area (Å²) in [7, 11) is 0. The molecule has 1 rings (SSSR count). The Balaban J connectivity index is 2.64. The topological polar surface area (TPSA) is 39.2 Å². The number of ether oxygens (including phenoxy) is 1. The lowest BCUT2D eigenvalue weighted by Crippen LogP contribution is -1.98. The van der Waals surface area contributed by atoms with Crippen LogP contribution < -0.4 is 0 Å². The maximum absolute atomic E-state index is 11.0. The number of hydrogen-bond acceptors (Lipinski definition) is 4. The van der Waals surface area contributed by atoms with Gasteiger partial charge < -0.3 is 4.74 Å². The highest BCUT2D eigenvalue weighted by atomic mass is 32.1. The van der Waals surface area contributed by atoms with Crippen molar-refractivity contribution < 1.29 is 9.53 Å². The Morgan fingerprint density at radius 2 is 2.29 bits per heavy atom. The van der Waals surface area contributed by atoms with Gasteiger partial charge in [0.25, 0.3) is 0 Å². The van der Waals surface area contributed by atoms with E-state index in [9.17, 15) is 4.79 Å². The van der Waals surface area contributed by atoms with Gasteiger partial charge in [-0.05, 0) is 26.8 Å². The standard InChI is InChI=1S/C10H13NO2S/c1-4-13-10(12)6-5-9-11-7(2)8(3)14-9/h5-6H,4H2,1-3H3. The molecule has 0 spiro atoms. The van der Waals surface area contributed by atoms with Crippen molar-refractivity contribution in [2.75, 3.05) is 6.61 Å². The number of carbonyl (C=O) groups excluding carboxylic acids is 1. The Morgan fingerprint density at radius 3 is 2.79 bits per heavy atom.